The average Bonchev–Trinajstić information content (AvgIpc) is 2.98. The Balaban J connectivity index is 1.87. The third-order valence-electron chi connectivity index (χ3n) is 3.08. The Bertz CT molecular complexity index is 578. The van der Waals surface area contributed by atoms with Gasteiger partial charge in [0.2, 0.25) is 11.7 Å². The highest BCUT2D eigenvalue weighted by Gasteiger charge is 2.29. The van der Waals surface area contributed by atoms with Crippen LogP contribution in [0.3, 0.4) is 0 Å². The van der Waals surface area contributed by atoms with Gasteiger partial charge in [0.1, 0.15) is 5.78 Å². The lowest BCUT2D eigenvalue weighted by Crippen LogP contribution is -2.17. The van der Waals surface area contributed by atoms with Gasteiger partial charge in [0.15, 0.2) is 0 Å². The van der Waals surface area contributed by atoms with E-state index in [2.05, 4.69) is 26.1 Å². The van der Waals surface area contributed by atoms with Crippen LogP contribution >= 0.6 is 27.3 Å². The van der Waals surface area contributed by atoms with Crippen LogP contribution in [0.15, 0.2) is 20.4 Å². The predicted octanol–water partition coefficient (Wildman–Crippen LogP) is 3.79. The van der Waals surface area contributed by atoms with Crippen LogP contribution in [0.4, 0.5) is 0 Å². The Morgan fingerprint density at radius 3 is 3.06 bits per heavy atom. The summed E-state index contributed by atoms with van der Waals surface area (Å²) < 4.78 is 6.25. The van der Waals surface area contributed by atoms with Gasteiger partial charge in [-0.05, 0) is 34.8 Å². The minimum atomic E-state index is -0.191. The molecule has 0 amide bonds. The highest BCUT2D eigenvalue weighted by Crippen LogP contribution is 2.32. The summed E-state index contributed by atoms with van der Waals surface area (Å²) in [6, 6.07) is 1.95. The van der Waals surface area contributed by atoms with Crippen molar-refractivity contribution >= 4 is 33.0 Å². The molecule has 0 aromatic carbocycles. The molecule has 1 atom stereocenters. The van der Waals surface area contributed by atoms with Gasteiger partial charge in [0.05, 0.1) is 10.8 Å². The SMILES string of the molecule is O=C1CCCCC1c1nc(-c2cc(Br)cs2)no1. The molecule has 0 saturated heterocycles. The zero-order chi connectivity index (χ0) is 12.5. The molecule has 3 rings (SSSR count). The average molecular weight is 327 g/mol. The number of hydrogen-bond acceptors (Lipinski definition) is 5. The number of ketones is 1. The first kappa shape index (κ1) is 12.0. The number of halogens is 1. The monoisotopic (exact) mass is 326 g/mol. The summed E-state index contributed by atoms with van der Waals surface area (Å²) in [5.41, 5.74) is 0. The maximum absolute atomic E-state index is 11.8. The molecular formula is C12H11BrN2O2S. The molecule has 0 radical (unpaired) electrons. The summed E-state index contributed by atoms with van der Waals surface area (Å²) in [6.45, 7) is 0. The first-order chi connectivity index (χ1) is 8.74. The summed E-state index contributed by atoms with van der Waals surface area (Å²) in [5.74, 6) is 1.07. The molecule has 0 aliphatic heterocycles. The van der Waals surface area contributed by atoms with Crippen molar-refractivity contribution in [2.75, 3.05) is 0 Å². The molecule has 0 N–H and O–H groups in total. The fourth-order valence-corrected chi connectivity index (χ4v) is 3.50. The van der Waals surface area contributed by atoms with E-state index in [4.69, 9.17) is 4.52 Å². The van der Waals surface area contributed by atoms with Crippen molar-refractivity contribution in [1.29, 1.82) is 0 Å². The fourth-order valence-electron chi connectivity index (χ4n) is 2.15. The highest BCUT2D eigenvalue weighted by atomic mass is 79.9. The third kappa shape index (κ3) is 2.27. The van der Waals surface area contributed by atoms with Crippen LogP contribution in [0.2, 0.25) is 0 Å². The van der Waals surface area contributed by atoms with E-state index in [1.807, 2.05) is 11.4 Å². The maximum atomic E-state index is 11.8. The Hall–Kier alpha value is -1.01. The number of thiophene rings is 1. The Labute approximate surface area is 117 Å². The van der Waals surface area contributed by atoms with Crippen LogP contribution in [0, 0.1) is 0 Å². The van der Waals surface area contributed by atoms with Gasteiger partial charge in [-0.2, -0.15) is 4.98 Å². The lowest BCUT2D eigenvalue weighted by molar-refractivity contribution is -0.122. The van der Waals surface area contributed by atoms with Crippen molar-refractivity contribution in [2.45, 2.75) is 31.6 Å². The van der Waals surface area contributed by atoms with Crippen molar-refractivity contribution in [2.24, 2.45) is 0 Å². The van der Waals surface area contributed by atoms with Crippen LogP contribution in [0.25, 0.3) is 10.7 Å². The topological polar surface area (TPSA) is 56.0 Å². The lowest BCUT2D eigenvalue weighted by Gasteiger charge is -2.16. The molecule has 2 aromatic rings. The van der Waals surface area contributed by atoms with E-state index in [0.29, 0.717) is 18.1 Å². The maximum Gasteiger partial charge on any atom is 0.237 e. The van der Waals surface area contributed by atoms with Gasteiger partial charge in [-0.1, -0.05) is 11.6 Å². The second kappa shape index (κ2) is 4.93. The van der Waals surface area contributed by atoms with Crippen molar-refractivity contribution in [1.82, 2.24) is 10.1 Å². The second-order valence-corrected chi connectivity index (χ2v) is 6.18. The fraction of sp³-hybridized carbons (Fsp3) is 0.417. The molecule has 1 aliphatic carbocycles. The molecule has 1 aliphatic rings. The van der Waals surface area contributed by atoms with Gasteiger partial charge in [-0.15, -0.1) is 11.3 Å². The molecular weight excluding hydrogens is 316 g/mol. The first-order valence-corrected chi connectivity index (χ1v) is 7.52. The molecule has 2 aromatic heterocycles. The van der Waals surface area contributed by atoms with Crippen molar-refractivity contribution in [3.63, 3.8) is 0 Å². The molecule has 1 saturated carbocycles. The number of aromatic nitrogens is 2. The summed E-state index contributed by atoms with van der Waals surface area (Å²) in [7, 11) is 0. The molecule has 1 fully saturated rings. The largest absolute Gasteiger partial charge is 0.338 e. The molecule has 1 unspecified atom stereocenters. The molecule has 6 heteroatoms. The normalized spacial score (nSPS) is 20.3. The van der Waals surface area contributed by atoms with Gasteiger partial charge < -0.3 is 4.52 Å². The molecule has 4 nitrogen and oxygen atoms in total. The van der Waals surface area contributed by atoms with Gasteiger partial charge in [-0.25, -0.2) is 0 Å². The summed E-state index contributed by atoms with van der Waals surface area (Å²) in [5, 5.41) is 5.93. The number of nitrogens with zero attached hydrogens (tertiary/aromatic N) is 2. The van der Waals surface area contributed by atoms with Gasteiger partial charge in [0, 0.05) is 16.3 Å². The van der Waals surface area contributed by atoms with E-state index in [1.54, 1.807) is 11.3 Å². The third-order valence-corrected chi connectivity index (χ3v) is 4.77. The van der Waals surface area contributed by atoms with Crippen LogP contribution in [-0.2, 0) is 4.79 Å². The van der Waals surface area contributed by atoms with Gasteiger partial charge in [0.25, 0.3) is 0 Å². The molecule has 94 valence electrons. The number of carbonyl (C=O) groups is 1. The number of hydrogen-bond donors (Lipinski definition) is 0. The Morgan fingerprint density at radius 2 is 2.33 bits per heavy atom. The number of carbonyl (C=O) groups excluding carboxylic acids is 1. The number of rotatable bonds is 2. The summed E-state index contributed by atoms with van der Waals surface area (Å²) in [4.78, 5) is 17.1. The minimum absolute atomic E-state index is 0.191. The molecule has 0 spiro atoms. The Kier molecular flexibility index (Phi) is 3.30. The van der Waals surface area contributed by atoms with Crippen LogP contribution in [0.1, 0.15) is 37.5 Å². The zero-order valence-electron chi connectivity index (χ0n) is 9.56. The van der Waals surface area contributed by atoms with Crippen molar-refractivity contribution in [3.05, 3.63) is 21.8 Å². The smallest absolute Gasteiger partial charge is 0.237 e. The van der Waals surface area contributed by atoms with E-state index >= 15 is 0 Å². The second-order valence-electron chi connectivity index (χ2n) is 4.35. The van der Waals surface area contributed by atoms with E-state index in [9.17, 15) is 4.79 Å². The summed E-state index contributed by atoms with van der Waals surface area (Å²) >= 11 is 4.94. The van der Waals surface area contributed by atoms with E-state index in [1.165, 1.54) is 0 Å². The molecule has 2 heterocycles. The standard InChI is InChI=1S/C12H11BrN2O2S/c13-7-5-10(18-6-7)11-14-12(17-15-11)8-3-1-2-4-9(8)16/h5-6,8H,1-4H2. The zero-order valence-corrected chi connectivity index (χ0v) is 12.0. The van der Waals surface area contributed by atoms with E-state index < -0.39 is 0 Å². The van der Waals surface area contributed by atoms with Gasteiger partial charge >= 0.3 is 0 Å². The Morgan fingerprint density at radius 1 is 1.44 bits per heavy atom. The minimum Gasteiger partial charge on any atom is -0.338 e. The molecule has 18 heavy (non-hydrogen) atoms. The highest BCUT2D eigenvalue weighted by molar-refractivity contribution is 9.10. The predicted molar refractivity (Wildman–Crippen MR) is 71.5 cm³/mol. The summed E-state index contributed by atoms with van der Waals surface area (Å²) in [6.07, 6.45) is 3.49. The first-order valence-electron chi connectivity index (χ1n) is 5.85. The van der Waals surface area contributed by atoms with Crippen molar-refractivity contribution < 1.29 is 9.32 Å². The van der Waals surface area contributed by atoms with Crippen LogP contribution < -0.4 is 0 Å². The van der Waals surface area contributed by atoms with Crippen LogP contribution in [0.5, 0.6) is 0 Å². The van der Waals surface area contributed by atoms with E-state index in [0.717, 1.165) is 28.6 Å². The number of Topliss-reactive ketones (excluding diaryl/α,β-unsaturated/α-hetero) is 1. The van der Waals surface area contributed by atoms with Gasteiger partial charge in [-0.3, -0.25) is 4.79 Å². The van der Waals surface area contributed by atoms with Crippen LogP contribution in [-0.4, -0.2) is 15.9 Å². The quantitative estimate of drug-likeness (QED) is 0.842. The van der Waals surface area contributed by atoms with Crippen molar-refractivity contribution in [3.8, 4) is 10.7 Å². The lowest BCUT2D eigenvalue weighted by atomic mass is 9.88. The van der Waals surface area contributed by atoms with E-state index in [-0.39, 0.29) is 11.7 Å². The molecule has 0 bridgehead atoms.